The summed E-state index contributed by atoms with van der Waals surface area (Å²) in [6.07, 6.45) is 0. The molecule has 1 heterocycles. The number of anilines is 1. The molecule has 16 heavy (non-hydrogen) atoms. The smallest absolute Gasteiger partial charge is 0.0642 e. The van der Waals surface area contributed by atoms with Gasteiger partial charge in [-0.05, 0) is 17.5 Å². The zero-order valence-corrected chi connectivity index (χ0v) is 10.6. The molecule has 2 nitrogen and oxygen atoms in total. The Labute approximate surface area is 102 Å². The largest absolute Gasteiger partial charge is 0.378 e. The lowest BCUT2D eigenvalue weighted by Crippen LogP contribution is -2.37. The van der Waals surface area contributed by atoms with E-state index in [1.807, 2.05) is 12.1 Å². The Kier molecular flexibility index (Phi) is 3.72. The van der Waals surface area contributed by atoms with E-state index in [0.717, 1.165) is 31.3 Å². The lowest BCUT2D eigenvalue weighted by Gasteiger charge is -2.32. The molecule has 0 unspecified atom stereocenters. The number of halogens is 1. The molecule has 0 radical (unpaired) electrons. The molecular weight excluding hydrogens is 222 g/mol. The first-order valence-corrected chi connectivity index (χ1v) is 6.19. The second-order valence-corrected chi connectivity index (χ2v) is 4.84. The Bertz CT molecular complexity index is 359. The Hall–Kier alpha value is -0.730. The van der Waals surface area contributed by atoms with Crippen LogP contribution >= 0.6 is 11.6 Å². The van der Waals surface area contributed by atoms with E-state index in [2.05, 4.69) is 24.8 Å². The van der Waals surface area contributed by atoms with Gasteiger partial charge in [0.15, 0.2) is 0 Å². The number of benzene rings is 1. The molecular formula is C13H18ClNO. The van der Waals surface area contributed by atoms with Crippen molar-refractivity contribution in [2.75, 3.05) is 31.2 Å². The minimum Gasteiger partial charge on any atom is -0.378 e. The van der Waals surface area contributed by atoms with Gasteiger partial charge in [0.05, 0.1) is 23.9 Å². The highest BCUT2D eigenvalue weighted by Crippen LogP contribution is 2.34. The molecule has 0 spiro atoms. The monoisotopic (exact) mass is 239 g/mol. The summed E-state index contributed by atoms with van der Waals surface area (Å²) in [6, 6.07) is 6.17. The van der Waals surface area contributed by atoms with Crippen LogP contribution in [0.4, 0.5) is 5.69 Å². The van der Waals surface area contributed by atoms with Crippen molar-refractivity contribution in [3.63, 3.8) is 0 Å². The molecule has 1 fully saturated rings. The van der Waals surface area contributed by atoms with Gasteiger partial charge in [-0.2, -0.15) is 0 Å². The van der Waals surface area contributed by atoms with Crippen LogP contribution in [0.25, 0.3) is 0 Å². The third-order valence-corrected chi connectivity index (χ3v) is 3.27. The fourth-order valence-electron chi connectivity index (χ4n) is 2.12. The molecule has 0 saturated carbocycles. The van der Waals surface area contributed by atoms with E-state index in [-0.39, 0.29) is 0 Å². The summed E-state index contributed by atoms with van der Waals surface area (Å²) in [7, 11) is 0. The highest BCUT2D eigenvalue weighted by atomic mass is 35.5. The van der Waals surface area contributed by atoms with E-state index >= 15 is 0 Å². The van der Waals surface area contributed by atoms with Crippen LogP contribution in [-0.2, 0) is 4.74 Å². The van der Waals surface area contributed by atoms with Crippen molar-refractivity contribution in [1.29, 1.82) is 0 Å². The maximum atomic E-state index is 6.32. The van der Waals surface area contributed by atoms with Crippen LogP contribution in [0, 0.1) is 0 Å². The fourth-order valence-corrected chi connectivity index (χ4v) is 2.42. The van der Waals surface area contributed by atoms with Crippen LogP contribution in [0.15, 0.2) is 18.2 Å². The molecule has 1 saturated heterocycles. The summed E-state index contributed by atoms with van der Waals surface area (Å²) in [4.78, 5) is 2.33. The molecule has 3 heteroatoms. The topological polar surface area (TPSA) is 12.5 Å². The molecule has 1 aliphatic rings. The zero-order valence-electron chi connectivity index (χ0n) is 9.87. The van der Waals surface area contributed by atoms with Gasteiger partial charge in [0.2, 0.25) is 0 Å². The van der Waals surface area contributed by atoms with Crippen LogP contribution in [-0.4, -0.2) is 26.3 Å². The van der Waals surface area contributed by atoms with Crippen molar-refractivity contribution in [1.82, 2.24) is 0 Å². The molecule has 1 aromatic carbocycles. The number of nitrogens with zero attached hydrogens (tertiary/aromatic N) is 1. The van der Waals surface area contributed by atoms with Crippen LogP contribution < -0.4 is 4.90 Å². The van der Waals surface area contributed by atoms with Crippen molar-refractivity contribution >= 4 is 17.3 Å². The summed E-state index contributed by atoms with van der Waals surface area (Å²) >= 11 is 6.32. The third kappa shape index (κ3) is 2.33. The number of hydrogen-bond donors (Lipinski definition) is 0. The van der Waals surface area contributed by atoms with Crippen molar-refractivity contribution in [2.24, 2.45) is 0 Å². The summed E-state index contributed by atoms with van der Waals surface area (Å²) in [5, 5.41) is 0.855. The number of rotatable bonds is 2. The number of morpholine rings is 1. The van der Waals surface area contributed by atoms with Crippen LogP contribution in [0.3, 0.4) is 0 Å². The predicted molar refractivity (Wildman–Crippen MR) is 68.6 cm³/mol. The minimum absolute atomic E-state index is 0.497. The average molecular weight is 240 g/mol. The molecule has 0 bridgehead atoms. The summed E-state index contributed by atoms with van der Waals surface area (Å²) in [6.45, 7) is 7.86. The van der Waals surface area contributed by atoms with Gasteiger partial charge in [-0.25, -0.2) is 0 Å². The van der Waals surface area contributed by atoms with Gasteiger partial charge in [-0.3, -0.25) is 0 Å². The zero-order chi connectivity index (χ0) is 11.5. The van der Waals surface area contributed by atoms with Gasteiger partial charge in [0.1, 0.15) is 0 Å². The first-order valence-electron chi connectivity index (χ1n) is 5.81. The fraction of sp³-hybridized carbons (Fsp3) is 0.538. The average Bonchev–Trinajstić information content (AvgIpc) is 2.29. The molecule has 0 aliphatic carbocycles. The molecule has 1 aliphatic heterocycles. The summed E-state index contributed by atoms with van der Waals surface area (Å²) in [5.41, 5.74) is 2.52. The van der Waals surface area contributed by atoms with Gasteiger partial charge in [-0.1, -0.05) is 37.6 Å². The van der Waals surface area contributed by atoms with E-state index in [0.29, 0.717) is 5.92 Å². The highest BCUT2D eigenvalue weighted by molar-refractivity contribution is 6.33. The van der Waals surface area contributed by atoms with E-state index in [4.69, 9.17) is 16.3 Å². The molecule has 2 rings (SSSR count). The number of hydrogen-bond acceptors (Lipinski definition) is 2. The van der Waals surface area contributed by atoms with E-state index < -0.39 is 0 Å². The lowest BCUT2D eigenvalue weighted by atomic mass is 10.00. The highest BCUT2D eigenvalue weighted by Gasteiger charge is 2.18. The predicted octanol–water partition coefficient (Wildman–Crippen LogP) is 3.30. The molecule has 0 atom stereocenters. The van der Waals surface area contributed by atoms with E-state index in [1.165, 1.54) is 11.3 Å². The van der Waals surface area contributed by atoms with E-state index in [1.54, 1.807) is 0 Å². The van der Waals surface area contributed by atoms with Crippen LogP contribution in [0.1, 0.15) is 25.3 Å². The second kappa shape index (κ2) is 5.07. The van der Waals surface area contributed by atoms with Gasteiger partial charge in [0.25, 0.3) is 0 Å². The van der Waals surface area contributed by atoms with Crippen molar-refractivity contribution in [3.8, 4) is 0 Å². The first-order chi connectivity index (χ1) is 7.70. The van der Waals surface area contributed by atoms with E-state index in [9.17, 15) is 0 Å². The van der Waals surface area contributed by atoms with Crippen LogP contribution in [0.5, 0.6) is 0 Å². The first kappa shape index (κ1) is 11.7. The Balaban J connectivity index is 2.36. The molecule has 88 valence electrons. The molecule has 1 aromatic rings. The molecule has 0 aromatic heterocycles. The quantitative estimate of drug-likeness (QED) is 0.785. The Morgan fingerprint density at radius 3 is 2.56 bits per heavy atom. The van der Waals surface area contributed by atoms with Gasteiger partial charge < -0.3 is 9.64 Å². The summed E-state index contributed by atoms with van der Waals surface area (Å²) in [5.74, 6) is 0.497. The third-order valence-electron chi connectivity index (χ3n) is 2.97. The van der Waals surface area contributed by atoms with Crippen molar-refractivity contribution < 1.29 is 4.74 Å². The minimum atomic E-state index is 0.497. The van der Waals surface area contributed by atoms with Gasteiger partial charge in [0, 0.05) is 13.1 Å². The molecule has 0 N–H and O–H groups in total. The maximum Gasteiger partial charge on any atom is 0.0642 e. The second-order valence-electron chi connectivity index (χ2n) is 4.43. The maximum absolute atomic E-state index is 6.32. The normalized spacial score (nSPS) is 16.9. The Morgan fingerprint density at radius 2 is 1.94 bits per heavy atom. The van der Waals surface area contributed by atoms with Gasteiger partial charge in [-0.15, -0.1) is 0 Å². The van der Waals surface area contributed by atoms with Crippen molar-refractivity contribution in [2.45, 2.75) is 19.8 Å². The Morgan fingerprint density at radius 1 is 1.25 bits per heavy atom. The van der Waals surface area contributed by atoms with Gasteiger partial charge >= 0.3 is 0 Å². The lowest BCUT2D eigenvalue weighted by molar-refractivity contribution is 0.122. The van der Waals surface area contributed by atoms with Crippen molar-refractivity contribution in [3.05, 3.63) is 28.8 Å². The standard InChI is InChI=1S/C13H18ClNO/c1-10(2)11-4-3-5-12(14)13(11)15-6-8-16-9-7-15/h3-5,10H,6-9H2,1-2H3. The number of para-hydroxylation sites is 1. The number of ether oxygens (including phenoxy) is 1. The molecule has 0 amide bonds. The van der Waals surface area contributed by atoms with Crippen LogP contribution in [0.2, 0.25) is 5.02 Å². The summed E-state index contributed by atoms with van der Waals surface area (Å²) < 4.78 is 5.38. The SMILES string of the molecule is CC(C)c1cccc(Cl)c1N1CCOCC1.